The van der Waals surface area contributed by atoms with Gasteiger partial charge >= 0.3 is 7.41 Å². The fourth-order valence-corrected chi connectivity index (χ4v) is 0.846. The van der Waals surface area contributed by atoms with Gasteiger partial charge in [-0.2, -0.15) is 0 Å². The minimum Gasteiger partial charge on any atom is -0.396 e. The van der Waals surface area contributed by atoms with Gasteiger partial charge in [0.15, 0.2) is 0 Å². The number of quaternary nitrogens is 1. The zero-order chi connectivity index (χ0) is 7.49. The van der Waals surface area contributed by atoms with Crippen molar-refractivity contribution in [3.63, 3.8) is 0 Å². The van der Waals surface area contributed by atoms with E-state index in [0.29, 0.717) is 6.04 Å². The first-order chi connectivity index (χ1) is 4.06. The monoisotopic (exact) mass is 127 g/mol. The van der Waals surface area contributed by atoms with E-state index < -0.39 is 0 Å². The largest absolute Gasteiger partial charge is 0.442 e. The third kappa shape index (κ3) is 2.01. The quantitative estimate of drug-likeness (QED) is 0.504. The van der Waals surface area contributed by atoms with Gasteiger partial charge in [-0.3, -0.25) is 0 Å². The van der Waals surface area contributed by atoms with E-state index in [1.165, 1.54) is 6.54 Å². The second-order valence-electron chi connectivity index (χ2n) is 3.02. The second-order valence-corrected chi connectivity index (χ2v) is 3.02. The molecule has 53 valence electrons. The molecule has 0 aromatic heterocycles. The number of rotatable bonds is 3. The smallest absolute Gasteiger partial charge is 0.396 e. The fourth-order valence-electron chi connectivity index (χ4n) is 0.846. The minimum absolute atomic E-state index is 0.708. The van der Waals surface area contributed by atoms with Crippen molar-refractivity contribution in [2.45, 2.75) is 33.6 Å². The number of hydrogen-bond acceptors (Lipinski definition) is 0. The van der Waals surface area contributed by atoms with Gasteiger partial charge in [0.25, 0.3) is 0 Å². The maximum absolute atomic E-state index is 2.25. The molecular formula is C7H18BN+. The van der Waals surface area contributed by atoms with E-state index in [4.69, 9.17) is 0 Å². The highest BCUT2D eigenvalue weighted by molar-refractivity contribution is 6.24. The molecule has 0 aromatic carbocycles. The van der Waals surface area contributed by atoms with Crippen LogP contribution in [-0.4, -0.2) is 31.4 Å². The Morgan fingerprint density at radius 2 is 1.89 bits per heavy atom. The minimum atomic E-state index is 0.708. The van der Waals surface area contributed by atoms with E-state index in [2.05, 4.69) is 42.1 Å². The molecule has 0 amide bonds. The van der Waals surface area contributed by atoms with Gasteiger partial charge in [0.05, 0.1) is 12.6 Å². The van der Waals surface area contributed by atoms with Crippen LogP contribution < -0.4 is 0 Å². The van der Waals surface area contributed by atoms with E-state index in [-0.39, 0.29) is 0 Å². The van der Waals surface area contributed by atoms with Crippen LogP contribution in [0.1, 0.15) is 20.8 Å². The Kier molecular flexibility index (Phi) is 3.27. The normalized spacial score (nSPS) is 17.6. The Labute approximate surface area is 59.9 Å². The summed E-state index contributed by atoms with van der Waals surface area (Å²) in [6.07, 6.45) is 0. The molecule has 0 N–H and O–H groups in total. The van der Waals surface area contributed by atoms with Crippen molar-refractivity contribution in [1.82, 2.24) is 0 Å². The summed E-state index contributed by atoms with van der Waals surface area (Å²) in [7, 11) is 4.51. The van der Waals surface area contributed by atoms with Crippen molar-refractivity contribution in [2.24, 2.45) is 0 Å². The molecule has 0 aromatic rings. The summed E-state index contributed by atoms with van der Waals surface area (Å²) < 4.78 is 1.07. The van der Waals surface area contributed by atoms with Gasteiger partial charge in [0.1, 0.15) is 0 Å². The van der Waals surface area contributed by atoms with Crippen LogP contribution in [0.4, 0.5) is 0 Å². The van der Waals surface area contributed by atoms with Gasteiger partial charge in [-0.05, 0) is 27.6 Å². The molecule has 0 bridgehead atoms. The maximum atomic E-state index is 2.25. The lowest BCUT2D eigenvalue weighted by Crippen LogP contribution is -2.51. The Bertz CT molecular complexity index is 77.0. The third-order valence-electron chi connectivity index (χ3n) is 2.45. The molecule has 9 heavy (non-hydrogen) atoms. The average molecular weight is 127 g/mol. The highest BCUT2D eigenvalue weighted by Gasteiger charge is 2.22. The van der Waals surface area contributed by atoms with Crippen molar-refractivity contribution in [2.75, 3.05) is 13.6 Å². The van der Waals surface area contributed by atoms with Gasteiger partial charge in [0.2, 0.25) is 0 Å². The van der Waals surface area contributed by atoms with E-state index in [1.807, 2.05) is 0 Å². The number of nitrogens with zero attached hydrogens (tertiary/aromatic N) is 1. The van der Waals surface area contributed by atoms with Crippen molar-refractivity contribution in [1.29, 1.82) is 0 Å². The number of hydrogen-bond donors (Lipinski definition) is 0. The van der Waals surface area contributed by atoms with Crippen molar-refractivity contribution in [3.05, 3.63) is 0 Å². The molecule has 0 fully saturated rings. The van der Waals surface area contributed by atoms with Crippen molar-refractivity contribution >= 4 is 7.41 Å². The van der Waals surface area contributed by atoms with E-state index >= 15 is 0 Å². The molecule has 0 aliphatic rings. The molecule has 0 spiro atoms. The summed E-state index contributed by atoms with van der Waals surface area (Å²) in [6, 6.07) is 0.708. The molecule has 0 saturated heterocycles. The SMILES string of the molecule is C[B][N+](C)(CC)C(C)C. The maximum Gasteiger partial charge on any atom is 0.442 e. The van der Waals surface area contributed by atoms with Crippen molar-refractivity contribution < 1.29 is 4.39 Å². The molecule has 0 saturated carbocycles. The van der Waals surface area contributed by atoms with E-state index in [9.17, 15) is 0 Å². The molecular weight excluding hydrogens is 109 g/mol. The molecule has 0 rings (SSSR count). The first kappa shape index (κ1) is 9.02. The Balaban J connectivity index is 3.92. The van der Waals surface area contributed by atoms with E-state index in [1.54, 1.807) is 0 Å². The molecule has 0 aliphatic heterocycles. The standard InChI is InChI=1S/C7H18BN/c1-6-9(5,8-4)7(2)3/h7H,6H2,1-5H3/q+1. The molecule has 0 aliphatic carbocycles. The summed E-state index contributed by atoms with van der Waals surface area (Å²) in [5.41, 5.74) is 0. The van der Waals surface area contributed by atoms with Gasteiger partial charge in [0, 0.05) is 7.05 Å². The first-order valence-corrected chi connectivity index (χ1v) is 3.72. The molecule has 0 heterocycles. The summed E-state index contributed by atoms with van der Waals surface area (Å²) in [5, 5.41) is 0. The van der Waals surface area contributed by atoms with Gasteiger partial charge in [-0.25, -0.2) is 0 Å². The van der Waals surface area contributed by atoms with E-state index in [0.717, 1.165) is 4.39 Å². The molecule has 1 nitrogen and oxygen atoms in total. The van der Waals surface area contributed by atoms with Crippen LogP contribution in [-0.2, 0) is 0 Å². The van der Waals surface area contributed by atoms with Crippen molar-refractivity contribution in [3.8, 4) is 0 Å². The Morgan fingerprint density at radius 3 is 1.89 bits per heavy atom. The Morgan fingerprint density at radius 1 is 1.44 bits per heavy atom. The van der Waals surface area contributed by atoms with Gasteiger partial charge in [-0.1, -0.05) is 0 Å². The average Bonchev–Trinajstić information content (AvgIpc) is 1.86. The lowest BCUT2D eigenvalue weighted by atomic mass is 9.89. The van der Waals surface area contributed by atoms with Crippen LogP contribution in [0.5, 0.6) is 0 Å². The van der Waals surface area contributed by atoms with Crippen LogP contribution in [0, 0.1) is 0 Å². The van der Waals surface area contributed by atoms with Crippen LogP contribution in [0.25, 0.3) is 0 Å². The fraction of sp³-hybridized carbons (Fsp3) is 1.00. The van der Waals surface area contributed by atoms with Crippen LogP contribution in [0.2, 0.25) is 6.82 Å². The molecule has 2 heteroatoms. The van der Waals surface area contributed by atoms with Gasteiger partial charge in [-0.15, -0.1) is 0 Å². The highest BCUT2D eigenvalue weighted by atomic mass is 15.3. The lowest BCUT2D eigenvalue weighted by molar-refractivity contribution is -0.822. The second kappa shape index (κ2) is 3.26. The third-order valence-corrected chi connectivity index (χ3v) is 2.45. The van der Waals surface area contributed by atoms with Crippen LogP contribution in [0.15, 0.2) is 0 Å². The predicted molar refractivity (Wildman–Crippen MR) is 43.5 cm³/mol. The lowest BCUT2D eigenvalue weighted by Gasteiger charge is -2.36. The molecule has 1 unspecified atom stereocenters. The zero-order valence-electron chi connectivity index (χ0n) is 7.31. The Hall–Kier alpha value is 0.0249. The zero-order valence-corrected chi connectivity index (χ0v) is 7.31. The first-order valence-electron chi connectivity index (χ1n) is 3.72. The van der Waals surface area contributed by atoms with Crippen LogP contribution >= 0.6 is 0 Å². The van der Waals surface area contributed by atoms with Crippen LogP contribution in [0.3, 0.4) is 0 Å². The van der Waals surface area contributed by atoms with Gasteiger partial charge < -0.3 is 4.39 Å². The summed E-state index contributed by atoms with van der Waals surface area (Å²) in [4.78, 5) is 0. The molecule has 1 radical (unpaired) electrons. The predicted octanol–water partition coefficient (Wildman–Crippen LogP) is 1.53. The summed E-state index contributed by atoms with van der Waals surface area (Å²) >= 11 is 0. The summed E-state index contributed by atoms with van der Waals surface area (Å²) in [5.74, 6) is 0. The molecule has 1 atom stereocenters. The summed E-state index contributed by atoms with van der Waals surface area (Å²) in [6.45, 7) is 10.0. The highest BCUT2D eigenvalue weighted by Crippen LogP contribution is 2.05. The topological polar surface area (TPSA) is 0 Å².